The number of benzene rings is 2. The molecule has 0 fully saturated rings. The molecular weight excluding hydrogens is 330 g/mol. The van der Waals surface area contributed by atoms with Gasteiger partial charge in [0.1, 0.15) is 17.2 Å². The van der Waals surface area contributed by atoms with Crippen molar-refractivity contribution in [1.82, 2.24) is 0 Å². The van der Waals surface area contributed by atoms with Crippen molar-refractivity contribution in [2.24, 2.45) is 0 Å². The topological polar surface area (TPSA) is 49.1 Å². The van der Waals surface area contributed by atoms with Gasteiger partial charge in [0, 0.05) is 0 Å². The van der Waals surface area contributed by atoms with Gasteiger partial charge >= 0.3 is 5.97 Å². The van der Waals surface area contributed by atoms with Crippen LogP contribution in [-0.2, 0) is 9.53 Å². The van der Waals surface area contributed by atoms with Crippen molar-refractivity contribution in [1.29, 1.82) is 0 Å². The molecule has 0 spiro atoms. The van der Waals surface area contributed by atoms with E-state index in [0.29, 0.717) is 29.5 Å². The lowest BCUT2D eigenvalue weighted by Gasteiger charge is -2.25. The van der Waals surface area contributed by atoms with Gasteiger partial charge in [-0.1, -0.05) is 6.07 Å². The molecule has 0 aromatic heterocycles. The first kappa shape index (κ1) is 19.3. The van der Waals surface area contributed by atoms with Gasteiger partial charge in [-0.25, -0.2) is 9.64 Å². The number of aryl methyl sites for hydroxylation is 2. The van der Waals surface area contributed by atoms with Crippen LogP contribution in [0.15, 0.2) is 36.4 Å². The Bertz CT molecular complexity index is 850. The number of hydrogen-bond acceptors (Lipinski definition) is 4. The quantitative estimate of drug-likeness (QED) is 0.518. The lowest BCUT2D eigenvalue weighted by atomic mass is 10.1. The molecule has 0 N–H and O–H groups in total. The Labute approximate surface area is 154 Å². The van der Waals surface area contributed by atoms with Crippen LogP contribution in [0.2, 0.25) is 0 Å². The maximum Gasteiger partial charge on any atom is 0.349 e. The van der Waals surface area contributed by atoms with Gasteiger partial charge in [-0.15, -0.1) is 0 Å². The number of ether oxygens (including phenoxy) is 3. The molecule has 0 atom stereocenters. The third kappa shape index (κ3) is 4.54. The van der Waals surface area contributed by atoms with Gasteiger partial charge in [-0.3, -0.25) is 0 Å². The lowest BCUT2D eigenvalue weighted by molar-refractivity contribution is -0.158. The van der Waals surface area contributed by atoms with Crippen molar-refractivity contribution >= 4 is 11.7 Å². The summed E-state index contributed by atoms with van der Waals surface area (Å²) in [6.07, 6.45) is 0. The first-order chi connectivity index (χ1) is 12.3. The molecule has 136 valence electrons. The summed E-state index contributed by atoms with van der Waals surface area (Å²) in [4.78, 5) is 15.5. The lowest BCUT2D eigenvalue weighted by Crippen LogP contribution is -2.39. The van der Waals surface area contributed by atoms with E-state index in [9.17, 15) is 4.79 Å². The second-order valence-electron chi connectivity index (χ2n) is 6.42. The molecule has 0 aliphatic rings. The molecule has 0 heterocycles. The maximum absolute atomic E-state index is 12.0. The zero-order valence-corrected chi connectivity index (χ0v) is 15.8. The van der Waals surface area contributed by atoms with E-state index in [2.05, 4.69) is 4.85 Å². The third-order valence-corrected chi connectivity index (χ3v) is 3.82. The van der Waals surface area contributed by atoms with Crippen LogP contribution in [0.1, 0.15) is 31.9 Å². The van der Waals surface area contributed by atoms with E-state index in [1.54, 1.807) is 39.0 Å². The molecule has 0 bridgehead atoms. The fourth-order valence-corrected chi connectivity index (χ4v) is 2.33. The monoisotopic (exact) mass is 353 g/mol. The fraction of sp³-hybridized carbons (Fsp3) is 0.333. The maximum atomic E-state index is 12.0. The molecule has 0 unspecified atom stereocenters. The van der Waals surface area contributed by atoms with Crippen LogP contribution in [0.4, 0.5) is 5.69 Å². The summed E-state index contributed by atoms with van der Waals surface area (Å²) in [5.74, 6) is 1.40. The standard InChI is InChI=1S/C21H23NO4/c1-7-24-20(23)21(4,5)26-19-11-10-16(12-15(19)3)25-17-9-8-14(2)18(13-17)22-6/h8-13H,7H2,1-5H3. The number of carbonyl (C=O) groups is 1. The second-order valence-corrected chi connectivity index (χ2v) is 6.42. The Hall–Kier alpha value is -3.00. The zero-order chi connectivity index (χ0) is 19.3. The fourth-order valence-electron chi connectivity index (χ4n) is 2.33. The predicted octanol–water partition coefficient (Wildman–Crippen LogP) is 5.37. The number of nitrogens with zero attached hydrogens (tertiary/aromatic N) is 1. The van der Waals surface area contributed by atoms with Gasteiger partial charge in [0.25, 0.3) is 0 Å². The molecule has 26 heavy (non-hydrogen) atoms. The molecule has 0 saturated heterocycles. The summed E-state index contributed by atoms with van der Waals surface area (Å²) < 4.78 is 16.7. The normalized spacial score (nSPS) is 10.8. The summed E-state index contributed by atoms with van der Waals surface area (Å²) in [5.41, 5.74) is 1.23. The van der Waals surface area contributed by atoms with Gasteiger partial charge in [-0.05, 0) is 76.1 Å². The number of esters is 1. The van der Waals surface area contributed by atoms with E-state index in [0.717, 1.165) is 11.1 Å². The van der Waals surface area contributed by atoms with Crippen LogP contribution in [0.25, 0.3) is 4.85 Å². The van der Waals surface area contributed by atoms with E-state index in [1.807, 2.05) is 32.0 Å². The van der Waals surface area contributed by atoms with E-state index in [1.165, 1.54) is 0 Å². The Morgan fingerprint density at radius 2 is 1.73 bits per heavy atom. The summed E-state index contributed by atoms with van der Waals surface area (Å²) in [5, 5.41) is 0. The van der Waals surface area contributed by atoms with Crippen LogP contribution < -0.4 is 9.47 Å². The zero-order valence-electron chi connectivity index (χ0n) is 15.8. The minimum atomic E-state index is -1.08. The van der Waals surface area contributed by atoms with Crippen molar-refractivity contribution in [2.45, 2.75) is 40.2 Å². The van der Waals surface area contributed by atoms with Crippen molar-refractivity contribution in [3.8, 4) is 17.2 Å². The predicted molar refractivity (Wildman–Crippen MR) is 100 cm³/mol. The average Bonchev–Trinajstić information content (AvgIpc) is 2.59. The van der Waals surface area contributed by atoms with Gasteiger partial charge < -0.3 is 14.2 Å². The van der Waals surface area contributed by atoms with Crippen molar-refractivity contribution in [3.05, 3.63) is 58.9 Å². The van der Waals surface area contributed by atoms with E-state index < -0.39 is 11.6 Å². The van der Waals surface area contributed by atoms with Gasteiger partial charge in [-0.2, -0.15) is 0 Å². The number of rotatable bonds is 6. The van der Waals surface area contributed by atoms with Gasteiger partial charge in [0.05, 0.1) is 13.2 Å². The van der Waals surface area contributed by atoms with Gasteiger partial charge in [0.2, 0.25) is 0 Å². The van der Waals surface area contributed by atoms with Crippen molar-refractivity contribution in [2.75, 3.05) is 6.61 Å². The molecule has 2 rings (SSSR count). The van der Waals surface area contributed by atoms with E-state index in [-0.39, 0.29) is 0 Å². The molecule has 0 aliphatic carbocycles. The molecule has 0 saturated carbocycles. The summed E-state index contributed by atoms with van der Waals surface area (Å²) in [6, 6.07) is 10.7. The Morgan fingerprint density at radius 1 is 1.08 bits per heavy atom. The highest BCUT2D eigenvalue weighted by Crippen LogP contribution is 2.32. The largest absolute Gasteiger partial charge is 0.476 e. The van der Waals surface area contributed by atoms with Crippen LogP contribution in [0, 0.1) is 20.4 Å². The molecule has 2 aromatic rings. The molecule has 0 radical (unpaired) electrons. The Kier molecular flexibility index (Phi) is 5.89. The average molecular weight is 353 g/mol. The van der Waals surface area contributed by atoms with Crippen molar-refractivity contribution < 1.29 is 19.0 Å². The SMILES string of the molecule is [C-]#[N+]c1cc(Oc2ccc(OC(C)(C)C(=O)OCC)c(C)c2)ccc1C. The molecular formula is C21H23NO4. The van der Waals surface area contributed by atoms with Gasteiger partial charge in [0.15, 0.2) is 11.3 Å². The third-order valence-electron chi connectivity index (χ3n) is 3.82. The molecule has 0 amide bonds. The Balaban J connectivity index is 2.17. The second kappa shape index (κ2) is 7.92. The van der Waals surface area contributed by atoms with Crippen LogP contribution in [-0.4, -0.2) is 18.2 Å². The number of hydrogen-bond donors (Lipinski definition) is 0. The van der Waals surface area contributed by atoms with Crippen molar-refractivity contribution in [3.63, 3.8) is 0 Å². The Morgan fingerprint density at radius 3 is 2.35 bits per heavy atom. The highest BCUT2D eigenvalue weighted by Gasteiger charge is 2.32. The molecule has 5 nitrogen and oxygen atoms in total. The number of carbonyl (C=O) groups excluding carboxylic acids is 1. The van der Waals surface area contributed by atoms with Crippen LogP contribution in [0.3, 0.4) is 0 Å². The smallest absolute Gasteiger partial charge is 0.349 e. The highest BCUT2D eigenvalue weighted by molar-refractivity contribution is 5.79. The van der Waals surface area contributed by atoms with Crippen LogP contribution >= 0.6 is 0 Å². The first-order valence-corrected chi connectivity index (χ1v) is 8.39. The summed E-state index contributed by atoms with van der Waals surface area (Å²) >= 11 is 0. The van der Waals surface area contributed by atoms with E-state index >= 15 is 0 Å². The highest BCUT2D eigenvalue weighted by atomic mass is 16.6. The van der Waals surface area contributed by atoms with E-state index in [4.69, 9.17) is 20.8 Å². The first-order valence-electron chi connectivity index (χ1n) is 8.39. The summed E-state index contributed by atoms with van der Waals surface area (Å²) in [7, 11) is 0. The molecule has 0 aliphatic heterocycles. The molecule has 2 aromatic carbocycles. The minimum Gasteiger partial charge on any atom is -0.476 e. The summed E-state index contributed by atoms with van der Waals surface area (Å²) in [6.45, 7) is 16.4. The van der Waals surface area contributed by atoms with Crippen LogP contribution in [0.5, 0.6) is 17.2 Å². The minimum absolute atomic E-state index is 0.306. The molecule has 5 heteroatoms.